The van der Waals surface area contributed by atoms with Gasteiger partial charge in [-0.3, -0.25) is 4.79 Å². The highest BCUT2D eigenvalue weighted by Gasteiger charge is 2.66. The summed E-state index contributed by atoms with van der Waals surface area (Å²) in [6, 6.07) is 0.334. The molecule has 1 amide bonds. The van der Waals surface area contributed by atoms with Gasteiger partial charge >= 0.3 is 0 Å². The van der Waals surface area contributed by atoms with Gasteiger partial charge in [0, 0.05) is 6.04 Å². The first-order chi connectivity index (χ1) is 8.33. The van der Waals surface area contributed by atoms with Crippen LogP contribution in [0.25, 0.3) is 0 Å². The molecule has 0 radical (unpaired) electrons. The number of carbonyl (C=O) groups excluding carboxylic acids is 1. The lowest BCUT2D eigenvalue weighted by molar-refractivity contribution is -0.126. The van der Waals surface area contributed by atoms with Crippen molar-refractivity contribution >= 4 is 37.8 Å². The molecule has 3 fully saturated rings. The number of alkyl halides is 2. The van der Waals surface area contributed by atoms with E-state index >= 15 is 0 Å². The summed E-state index contributed by atoms with van der Waals surface area (Å²) in [4.78, 5) is 12.3. The molecule has 2 bridgehead atoms. The van der Waals surface area contributed by atoms with Crippen molar-refractivity contribution in [3.63, 3.8) is 0 Å². The fourth-order valence-electron chi connectivity index (χ4n) is 4.03. The van der Waals surface area contributed by atoms with Crippen LogP contribution in [-0.4, -0.2) is 15.2 Å². The monoisotopic (exact) mass is 377 g/mol. The second-order valence-corrected chi connectivity index (χ2v) is 10.6. The molecule has 1 N–H and O–H groups in total. The fraction of sp³-hybridized carbons (Fsp3) is 0.929. The number of amides is 1. The van der Waals surface area contributed by atoms with E-state index in [4.69, 9.17) is 0 Å². The summed E-state index contributed by atoms with van der Waals surface area (Å²) >= 11 is 7.14. The van der Waals surface area contributed by atoms with E-state index in [2.05, 4.69) is 44.1 Å². The van der Waals surface area contributed by atoms with Crippen LogP contribution in [0.3, 0.4) is 0 Å². The van der Waals surface area contributed by atoms with Gasteiger partial charge in [-0.2, -0.15) is 0 Å². The summed E-state index contributed by atoms with van der Waals surface area (Å²) < 4.78 is -0.175. The molecule has 0 aromatic rings. The van der Waals surface area contributed by atoms with Gasteiger partial charge in [0.1, 0.15) is 0 Å². The Labute approximate surface area is 126 Å². The molecule has 0 heterocycles. The van der Waals surface area contributed by atoms with E-state index in [9.17, 15) is 4.79 Å². The first-order valence-electron chi connectivity index (χ1n) is 7.02. The summed E-state index contributed by atoms with van der Waals surface area (Å²) in [5.41, 5.74) is -0.279. The van der Waals surface area contributed by atoms with E-state index in [1.165, 1.54) is 25.7 Å². The van der Waals surface area contributed by atoms with E-state index in [1.54, 1.807) is 0 Å². The highest BCUT2D eigenvalue weighted by atomic mass is 79.9. The lowest BCUT2D eigenvalue weighted by Gasteiger charge is -2.29. The predicted octanol–water partition coefficient (Wildman–Crippen LogP) is 3.82. The lowest BCUT2D eigenvalue weighted by atomic mass is 9.84. The van der Waals surface area contributed by atoms with Gasteiger partial charge in [0.15, 0.2) is 0 Å². The van der Waals surface area contributed by atoms with Crippen LogP contribution in [0, 0.1) is 23.2 Å². The SMILES string of the molecule is C[C@@H](NC(=O)[C@@]1(C)CC1(Br)Br)[C@@H]1C[C@@H]2CC[C@@H]1C2. The average Bonchev–Trinajstić information content (AvgIpc) is 2.74. The molecule has 0 aromatic carbocycles. The summed E-state index contributed by atoms with van der Waals surface area (Å²) in [6.45, 7) is 4.22. The number of hydrogen-bond donors (Lipinski definition) is 1. The van der Waals surface area contributed by atoms with Crippen LogP contribution in [0.2, 0.25) is 0 Å². The number of carbonyl (C=O) groups is 1. The molecule has 0 spiro atoms. The Kier molecular flexibility index (Phi) is 3.14. The Morgan fingerprint density at radius 3 is 2.44 bits per heavy atom. The van der Waals surface area contributed by atoms with Gasteiger partial charge in [-0.05, 0) is 57.3 Å². The first-order valence-corrected chi connectivity index (χ1v) is 8.61. The van der Waals surface area contributed by atoms with Gasteiger partial charge in [-0.25, -0.2) is 0 Å². The third kappa shape index (κ3) is 1.98. The lowest BCUT2D eigenvalue weighted by Crippen LogP contribution is -2.44. The van der Waals surface area contributed by atoms with Crippen molar-refractivity contribution in [2.24, 2.45) is 23.2 Å². The molecule has 5 atom stereocenters. The Balaban J connectivity index is 1.59. The zero-order valence-electron chi connectivity index (χ0n) is 11.0. The molecular weight excluding hydrogens is 358 g/mol. The number of hydrogen-bond acceptors (Lipinski definition) is 1. The third-order valence-electron chi connectivity index (χ3n) is 5.55. The van der Waals surface area contributed by atoms with E-state index in [1.807, 2.05) is 6.92 Å². The zero-order chi connectivity index (χ0) is 13.1. The van der Waals surface area contributed by atoms with Crippen molar-refractivity contribution in [3.8, 4) is 0 Å². The summed E-state index contributed by atoms with van der Waals surface area (Å²) in [6.07, 6.45) is 6.41. The topological polar surface area (TPSA) is 29.1 Å². The standard InChI is InChI=1S/C14H21Br2NO/c1-8(11-6-9-3-4-10(11)5-9)17-12(18)13(2)7-14(13,15)16/h8-11H,3-7H2,1-2H3,(H,17,18)/t8-,9-,10-,11+,13-/m1/s1. The number of halogens is 2. The molecule has 3 aliphatic rings. The van der Waals surface area contributed by atoms with Gasteiger partial charge in [-0.15, -0.1) is 0 Å². The fourth-order valence-corrected chi connectivity index (χ4v) is 5.51. The number of rotatable bonds is 3. The second kappa shape index (κ2) is 4.21. The maximum absolute atomic E-state index is 12.3. The van der Waals surface area contributed by atoms with E-state index in [0.717, 1.165) is 24.2 Å². The van der Waals surface area contributed by atoms with Gasteiger partial charge in [-0.1, -0.05) is 38.3 Å². The maximum atomic E-state index is 12.3. The average molecular weight is 379 g/mol. The second-order valence-electron chi connectivity index (χ2n) is 6.81. The molecule has 102 valence electrons. The minimum Gasteiger partial charge on any atom is -0.353 e. The van der Waals surface area contributed by atoms with Crippen molar-refractivity contribution in [1.29, 1.82) is 0 Å². The van der Waals surface area contributed by atoms with Crippen molar-refractivity contribution in [1.82, 2.24) is 5.32 Å². The largest absolute Gasteiger partial charge is 0.353 e. The summed E-state index contributed by atoms with van der Waals surface area (Å²) in [5.74, 6) is 2.74. The molecule has 3 saturated carbocycles. The highest BCUT2D eigenvalue weighted by molar-refractivity contribution is 9.25. The molecule has 0 aromatic heterocycles. The van der Waals surface area contributed by atoms with Gasteiger partial charge in [0.25, 0.3) is 0 Å². The van der Waals surface area contributed by atoms with Crippen LogP contribution >= 0.6 is 31.9 Å². The Morgan fingerprint density at radius 1 is 1.33 bits per heavy atom. The summed E-state index contributed by atoms with van der Waals surface area (Å²) in [5, 5.41) is 3.27. The minimum atomic E-state index is -0.279. The third-order valence-corrected chi connectivity index (χ3v) is 7.86. The quantitative estimate of drug-likeness (QED) is 0.743. The van der Waals surface area contributed by atoms with E-state index < -0.39 is 0 Å². The van der Waals surface area contributed by atoms with Crippen molar-refractivity contribution < 1.29 is 4.79 Å². The molecule has 4 heteroatoms. The van der Waals surface area contributed by atoms with Crippen molar-refractivity contribution in [2.45, 2.75) is 55.2 Å². The Bertz CT molecular complexity index is 384. The maximum Gasteiger partial charge on any atom is 0.228 e. The first kappa shape index (κ1) is 13.4. The molecule has 2 nitrogen and oxygen atoms in total. The smallest absolute Gasteiger partial charge is 0.228 e. The highest BCUT2D eigenvalue weighted by Crippen LogP contribution is 2.66. The minimum absolute atomic E-state index is 0.175. The van der Waals surface area contributed by atoms with Crippen LogP contribution in [0.5, 0.6) is 0 Å². The van der Waals surface area contributed by atoms with Crippen LogP contribution in [0.1, 0.15) is 46.0 Å². The predicted molar refractivity (Wildman–Crippen MR) is 79.9 cm³/mol. The molecule has 3 rings (SSSR count). The van der Waals surface area contributed by atoms with Gasteiger partial charge in [0.05, 0.1) is 8.65 Å². The number of fused-ring (bicyclic) bond motifs is 2. The van der Waals surface area contributed by atoms with Crippen LogP contribution in [0.15, 0.2) is 0 Å². The molecule has 0 unspecified atom stereocenters. The summed E-state index contributed by atoms with van der Waals surface area (Å²) in [7, 11) is 0. The van der Waals surface area contributed by atoms with Crippen molar-refractivity contribution in [3.05, 3.63) is 0 Å². The molecular formula is C14H21Br2NO. The van der Waals surface area contributed by atoms with E-state index in [0.29, 0.717) is 6.04 Å². The van der Waals surface area contributed by atoms with Gasteiger partial charge < -0.3 is 5.32 Å². The van der Waals surface area contributed by atoms with Crippen LogP contribution in [0.4, 0.5) is 0 Å². The zero-order valence-corrected chi connectivity index (χ0v) is 14.2. The molecule has 0 saturated heterocycles. The van der Waals surface area contributed by atoms with E-state index in [-0.39, 0.29) is 14.6 Å². The Morgan fingerprint density at radius 2 is 2.00 bits per heavy atom. The molecule has 0 aliphatic heterocycles. The van der Waals surface area contributed by atoms with Crippen LogP contribution < -0.4 is 5.32 Å². The van der Waals surface area contributed by atoms with Crippen LogP contribution in [-0.2, 0) is 4.79 Å². The molecule has 18 heavy (non-hydrogen) atoms. The Hall–Kier alpha value is 0.430. The van der Waals surface area contributed by atoms with Gasteiger partial charge in [0.2, 0.25) is 5.91 Å². The van der Waals surface area contributed by atoms with Crippen molar-refractivity contribution in [2.75, 3.05) is 0 Å². The number of nitrogens with one attached hydrogen (secondary N) is 1. The normalized spacial score (nSPS) is 45.9. The molecule has 3 aliphatic carbocycles.